The Balaban J connectivity index is 2.62. The van der Waals surface area contributed by atoms with Gasteiger partial charge in [0.2, 0.25) is 0 Å². The number of aryl methyl sites for hydroxylation is 1. The third-order valence-corrected chi connectivity index (χ3v) is 2.98. The minimum Gasteiger partial charge on any atom is -0.380 e. The molecule has 0 fully saturated rings. The molecule has 1 N–H and O–H groups in total. The first-order chi connectivity index (χ1) is 8.67. The van der Waals surface area contributed by atoms with Crippen LogP contribution in [-0.2, 0) is 11.2 Å². The lowest BCUT2D eigenvalue weighted by Crippen LogP contribution is -2.36. The summed E-state index contributed by atoms with van der Waals surface area (Å²) in [5, 5.41) is 3.48. The van der Waals surface area contributed by atoms with E-state index in [1.165, 1.54) is 11.6 Å². The molecule has 1 atom stereocenters. The molecule has 0 aromatic heterocycles. The molecule has 0 radical (unpaired) electrons. The van der Waals surface area contributed by atoms with E-state index in [-0.39, 0.29) is 5.82 Å². The normalized spacial score (nSPS) is 12.7. The van der Waals surface area contributed by atoms with Gasteiger partial charge in [0.25, 0.3) is 0 Å². The van der Waals surface area contributed by atoms with Crippen LogP contribution < -0.4 is 5.32 Å². The Labute approximate surface area is 110 Å². The molecule has 0 bridgehead atoms. The first kappa shape index (κ1) is 15.1. The Hall–Kier alpha value is -0.930. The highest BCUT2D eigenvalue weighted by atomic mass is 19.1. The second-order valence-corrected chi connectivity index (χ2v) is 4.59. The predicted molar refractivity (Wildman–Crippen MR) is 73.4 cm³/mol. The Morgan fingerprint density at radius 3 is 2.72 bits per heavy atom. The van der Waals surface area contributed by atoms with Gasteiger partial charge < -0.3 is 10.1 Å². The molecule has 0 aliphatic heterocycles. The molecule has 3 heteroatoms. The topological polar surface area (TPSA) is 21.3 Å². The molecule has 1 unspecified atom stereocenters. The number of ether oxygens (including phenoxy) is 1. The van der Waals surface area contributed by atoms with Gasteiger partial charge in [-0.15, -0.1) is 0 Å². The number of nitrogens with one attached hydrogen (secondary N) is 1. The molecular weight excluding hydrogens is 229 g/mol. The zero-order chi connectivity index (χ0) is 13.4. The van der Waals surface area contributed by atoms with Gasteiger partial charge in [0.05, 0.1) is 6.61 Å². The maximum Gasteiger partial charge on any atom is 0.123 e. The second-order valence-electron chi connectivity index (χ2n) is 4.59. The Bertz CT molecular complexity index is 346. The zero-order valence-corrected chi connectivity index (χ0v) is 11.6. The number of benzene rings is 1. The Morgan fingerprint density at radius 2 is 2.11 bits per heavy atom. The summed E-state index contributed by atoms with van der Waals surface area (Å²) in [6.07, 6.45) is 1.98. The average Bonchev–Trinajstić information content (AvgIpc) is 2.35. The lowest BCUT2D eigenvalue weighted by Gasteiger charge is -2.19. The van der Waals surface area contributed by atoms with Gasteiger partial charge in [0.15, 0.2) is 0 Å². The predicted octanol–water partition coefficient (Wildman–Crippen LogP) is 3.08. The summed E-state index contributed by atoms with van der Waals surface area (Å²) in [4.78, 5) is 0. The molecular formula is C15H24FNO. The average molecular weight is 253 g/mol. The molecule has 0 heterocycles. The number of hydrogen-bond donors (Lipinski definition) is 1. The van der Waals surface area contributed by atoms with Crippen LogP contribution in [0, 0.1) is 12.7 Å². The van der Waals surface area contributed by atoms with E-state index in [0.29, 0.717) is 12.6 Å². The van der Waals surface area contributed by atoms with Crippen molar-refractivity contribution < 1.29 is 9.13 Å². The maximum absolute atomic E-state index is 13.0. The Morgan fingerprint density at radius 1 is 1.33 bits per heavy atom. The highest BCUT2D eigenvalue weighted by molar-refractivity contribution is 5.27. The van der Waals surface area contributed by atoms with Crippen LogP contribution in [0.15, 0.2) is 18.2 Å². The van der Waals surface area contributed by atoms with Gasteiger partial charge in [0, 0.05) is 12.6 Å². The number of rotatable bonds is 8. The van der Waals surface area contributed by atoms with Gasteiger partial charge in [-0.25, -0.2) is 4.39 Å². The van der Waals surface area contributed by atoms with E-state index in [0.717, 1.165) is 31.6 Å². The van der Waals surface area contributed by atoms with Crippen molar-refractivity contribution in [3.63, 3.8) is 0 Å². The standard InChI is InChI=1S/C15H24FNO/c1-4-8-17-15(11-18-5-2)10-13-6-7-14(16)9-12(13)3/h6-7,9,15,17H,4-5,8,10-11H2,1-3H3. The third kappa shape index (κ3) is 5.15. The van der Waals surface area contributed by atoms with Crippen molar-refractivity contribution in [2.75, 3.05) is 19.8 Å². The van der Waals surface area contributed by atoms with Crippen molar-refractivity contribution in [2.45, 2.75) is 39.7 Å². The van der Waals surface area contributed by atoms with E-state index < -0.39 is 0 Å². The van der Waals surface area contributed by atoms with Crippen molar-refractivity contribution >= 4 is 0 Å². The SMILES string of the molecule is CCCNC(COCC)Cc1ccc(F)cc1C. The van der Waals surface area contributed by atoms with Crippen LogP contribution in [0.3, 0.4) is 0 Å². The molecule has 0 saturated carbocycles. The minimum absolute atomic E-state index is 0.167. The quantitative estimate of drug-likeness (QED) is 0.768. The molecule has 0 aliphatic carbocycles. The van der Waals surface area contributed by atoms with Crippen molar-refractivity contribution in [2.24, 2.45) is 0 Å². The van der Waals surface area contributed by atoms with Gasteiger partial charge >= 0.3 is 0 Å². The van der Waals surface area contributed by atoms with Crippen molar-refractivity contribution in [1.82, 2.24) is 5.32 Å². The molecule has 1 aromatic rings. The fourth-order valence-corrected chi connectivity index (χ4v) is 1.95. The number of hydrogen-bond acceptors (Lipinski definition) is 2. The molecule has 1 rings (SSSR count). The van der Waals surface area contributed by atoms with Crippen LogP contribution in [-0.4, -0.2) is 25.8 Å². The maximum atomic E-state index is 13.0. The molecule has 0 spiro atoms. The third-order valence-electron chi connectivity index (χ3n) is 2.98. The van der Waals surface area contributed by atoms with Crippen molar-refractivity contribution in [1.29, 1.82) is 0 Å². The Kier molecular flexibility index (Phi) is 6.91. The summed E-state index contributed by atoms with van der Waals surface area (Å²) < 4.78 is 18.5. The minimum atomic E-state index is -0.167. The van der Waals surface area contributed by atoms with Crippen LogP contribution in [0.1, 0.15) is 31.4 Å². The summed E-state index contributed by atoms with van der Waals surface area (Å²) in [5.74, 6) is -0.167. The molecule has 0 saturated heterocycles. The molecule has 0 amide bonds. The first-order valence-electron chi connectivity index (χ1n) is 6.73. The van der Waals surface area contributed by atoms with Gasteiger partial charge in [-0.3, -0.25) is 0 Å². The lowest BCUT2D eigenvalue weighted by molar-refractivity contribution is 0.122. The van der Waals surface area contributed by atoms with Crippen molar-refractivity contribution in [3.05, 3.63) is 35.1 Å². The second kappa shape index (κ2) is 8.22. The van der Waals surface area contributed by atoms with Gasteiger partial charge in [-0.2, -0.15) is 0 Å². The van der Waals surface area contributed by atoms with E-state index in [9.17, 15) is 4.39 Å². The van der Waals surface area contributed by atoms with Crippen LogP contribution in [0.2, 0.25) is 0 Å². The number of halogens is 1. The summed E-state index contributed by atoms with van der Waals surface area (Å²) in [7, 11) is 0. The first-order valence-corrected chi connectivity index (χ1v) is 6.73. The fourth-order valence-electron chi connectivity index (χ4n) is 1.95. The van der Waals surface area contributed by atoms with Crippen LogP contribution in [0.4, 0.5) is 4.39 Å². The van der Waals surface area contributed by atoms with E-state index in [1.54, 1.807) is 6.07 Å². The van der Waals surface area contributed by atoms with E-state index in [2.05, 4.69) is 12.2 Å². The largest absolute Gasteiger partial charge is 0.380 e. The van der Waals surface area contributed by atoms with Crippen LogP contribution in [0.5, 0.6) is 0 Å². The van der Waals surface area contributed by atoms with Crippen LogP contribution >= 0.6 is 0 Å². The summed E-state index contributed by atoms with van der Waals surface area (Å²) in [6.45, 7) is 8.52. The highest BCUT2D eigenvalue weighted by Crippen LogP contribution is 2.12. The molecule has 1 aromatic carbocycles. The lowest BCUT2D eigenvalue weighted by atomic mass is 10.0. The smallest absolute Gasteiger partial charge is 0.123 e. The summed E-state index contributed by atoms with van der Waals surface area (Å²) in [5.41, 5.74) is 2.19. The summed E-state index contributed by atoms with van der Waals surface area (Å²) >= 11 is 0. The van der Waals surface area contributed by atoms with Crippen molar-refractivity contribution in [3.8, 4) is 0 Å². The van der Waals surface area contributed by atoms with Gasteiger partial charge in [0.1, 0.15) is 5.82 Å². The van der Waals surface area contributed by atoms with Crippen LogP contribution in [0.25, 0.3) is 0 Å². The summed E-state index contributed by atoms with van der Waals surface area (Å²) in [6, 6.07) is 5.29. The van der Waals surface area contributed by atoms with Gasteiger partial charge in [-0.1, -0.05) is 13.0 Å². The van der Waals surface area contributed by atoms with E-state index in [4.69, 9.17) is 4.74 Å². The fraction of sp³-hybridized carbons (Fsp3) is 0.600. The molecule has 0 aliphatic rings. The van der Waals surface area contributed by atoms with E-state index >= 15 is 0 Å². The molecule has 2 nitrogen and oxygen atoms in total. The molecule has 18 heavy (non-hydrogen) atoms. The van der Waals surface area contributed by atoms with Gasteiger partial charge in [-0.05, 0) is 56.5 Å². The monoisotopic (exact) mass is 253 g/mol. The molecule has 102 valence electrons. The zero-order valence-electron chi connectivity index (χ0n) is 11.6. The van der Waals surface area contributed by atoms with E-state index in [1.807, 2.05) is 19.9 Å². The highest BCUT2D eigenvalue weighted by Gasteiger charge is 2.10.